The first-order chi connectivity index (χ1) is 10.7. The van der Waals surface area contributed by atoms with Gasteiger partial charge in [-0.25, -0.2) is 4.79 Å². The van der Waals surface area contributed by atoms with Crippen molar-refractivity contribution in [2.75, 3.05) is 6.61 Å². The predicted octanol–water partition coefficient (Wildman–Crippen LogP) is 2.42. The molecular formula is C16H15N3O3. The van der Waals surface area contributed by atoms with Gasteiger partial charge in [-0.3, -0.25) is 4.40 Å². The van der Waals surface area contributed by atoms with Crippen molar-refractivity contribution < 1.29 is 14.6 Å². The zero-order valence-electron chi connectivity index (χ0n) is 12.1. The lowest BCUT2D eigenvalue weighted by Gasteiger charge is -2.05. The van der Waals surface area contributed by atoms with Crippen LogP contribution < -0.4 is 4.74 Å². The molecule has 2 heterocycles. The molecule has 0 saturated carbocycles. The zero-order valence-corrected chi connectivity index (χ0v) is 12.1. The average molecular weight is 297 g/mol. The minimum Gasteiger partial charge on any atom is -0.494 e. The Bertz CT molecular complexity index is 809. The molecule has 6 heteroatoms. The van der Waals surface area contributed by atoms with Crippen molar-refractivity contribution in [3.05, 3.63) is 59.5 Å². The van der Waals surface area contributed by atoms with Crippen molar-refractivity contribution in [2.24, 2.45) is 0 Å². The molecule has 1 N–H and O–H groups in total. The topological polar surface area (TPSA) is 76.7 Å². The van der Waals surface area contributed by atoms with E-state index in [0.717, 1.165) is 11.3 Å². The van der Waals surface area contributed by atoms with E-state index < -0.39 is 5.97 Å². The van der Waals surface area contributed by atoms with Crippen molar-refractivity contribution >= 4 is 11.6 Å². The number of hydrogen-bond acceptors (Lipinski definition) is 4. The maximum Gasteiger partial charge on any atom is 0.339 e. The third-order valence-corrected chi connectivity index (χ3v) is 3.33. The quantitative estimate of drug-likeness (QED) is 0.782. The van der Waals surface area contributed by atoms with Gasteiger partial charge in [-0.15, -0.1) is 10.2 Å². The number of carbonyl (C=O) groups is 1. The van der Waals surface area contributed by atoms with Crippen LogP contribution in [0, 0.1) is 0 Å². The molecule has 3 aromatic rings. The second kappa shape index (κ2) is 5.85. The normalized spacial score (nSPS) is 10.8. The molecule has 0 unspecified atom stereocenters. The van der Waals surface area contributed by atoms with Gasteiger partial charge in [0.15, 0.2) is 5.65 Å². The molecule has 0 fully saturated rings. The third kappa shape index (κ3) is 2.63. The van der Waals surface area contributed by atoms with Gasteiger partial charge >= 0.3 is 5.97 Å². The number of nitrogens with zero attached hydrogens (tertiary/aromatic N) is 3. The average Bonchev–Trinajstić information content (AvgIpc) is 2.92. The fraction of sp³-hybridized carbons (Fsp3) is 0.188. The Morgan fingerprint density at radius 3 is 2.68 bits per heavy atom. The van der Waals surface area contributed by atoms with Crippen molar-refractivity contribution in [3.63, 3.8) is 0 Å². The van der Waals surface area contributed by atoms with Crippen LogP contribution in [0.2, 0.25) is 0 Å². The van der Waals surface area contributed by atoms with Gasteiger partial charge < -0.3 is 9.84 Å². The second-order valence-corrected chi connectivity index (χ2v) is 4.79. The number of rotatable bonds is 5. The maximum absolute atomic E-state index is 11.2. The van der Waals surface area contributed by atoms with E-state index in [-0.39, 0.29) is 5.56 Å². The van der Waals surface area contributed by atoms with Crippen LogP contribution >= 0.6 is 0 Å². The number of fused-ring (bicyclic) bond motifs is 1. The van der Waals surface area contributed by atoms with Crippen LogP contribution in [0.5, 0.6) is 5.75 Å². The van der Waals surface area contributed by atoms with Gasteiger partial charge in [0, 0.05) is 12.6 Å². The van der Waals surface area contributed by atoms with E-state index in [1.807, 2.05) is 31.2 Å². The van der Waals surface area contributed by atoms with Crippen LogP contribution in [0.25, 0.3) is 5.65 Å². The standard InChI is InChI=1S/C16H15N3O3/c1-2-22-12-7-5-11(6-8-12)10-14-17-18-15-13(16(20)21)4-3-9-19(14)15/h3-9H,2,10H2,1H3,(H,20,21). The third-order valence-electron chi connectivity index (χ3n) is 3.33. The first-order valence-electron chi connectivity index (χ1n) is 6.96. The highest BCUT2D eigenvalue weighted by atomic mass is 16.5. The fourth-order valence-corrected chi connectivity index (χ4v) is 2.30. The molecule has 0 atom stereocenters. The first kappa shape index (κ1) is 14.1. The van der Waals surface area contributed by atoms with Crippen LogP contribution in [0.1, 0.15) is 28.7 Å². The van der Waals surface area contributed by atoms with Gasteiger partial charge in [0.25, 0.3) is 0 Å². The van der Waals surface area contributed by atoms with Gasteiger partial charge in [0.2, 0.25) is 0 Å². The highest BCUT2D eigenvalue weighted by molar-refractivity contribution is 5.94. The summed E-state index contributed by atoms with van der Waals surface area (Å²) in [7, 11) is 0. The summed E-state index contributed by atoms with van der Waals surface area (Å²) in [6, 6.07) is 10.9. The molecule has 0 aliphatic heterocycles. The largest absolute Gasteiger partial charge is 0.494 e. The van der Waals surface area contributed by atoms with E-state index in [9.17, 15) is 4.79 Å². The molecule has 1 aromatic carbocycles. The van der Waals surface area contributed by atoms with Crippen LogP contribution in [-0.2, 0) is 6.42 Å². The van der Waals surface area contributed by atoms with Crippen LogP contribution in [0.4, 0.5) is 0 Å². The fourth-order valence-electron chi connectivity index (χ4n) is 2.30. The first-order valence-corrected chi connectivity index (χ1v) is 6.96. The summed E-state index contributed by atoms with van der Waals surface area (Å²) in [5.41, 5.74) is 1.56. The molecule has 0 amide bonds. The number of carboxylic acids is 1. The molecule has 2 aromatic heterocycles. The number of hydrogen-bond donors (Lipinski definition) is 1. The van der Waals surface area contributed by atoms with Crippen LogP contribution in [0.3, 0.4) is 0 Å². The highest BCUT2D eigenvalue weighted by Crippen LogP contribution is 2.16. The van der Waals surface area contributed by atoms with E-state index >= 15 is 0 Å². The van der Waals surface area contributed by atoms with Crippen molar-refractivity contribution in [1.82, 2.24) is 14.6 Å². The lowest BCUT2D eigenvalue weighted by molar-refractivity contribution is 0.0698. The summed E-state index contributed by atoms with van der Waals surface area (Å²) in [6.07, 6.45) is 2.34. The predicted molar refractivity (Wildman–Crippen MR) is 80.4 cm³/mol. The Morgan fingerprint density at radius 1 is 1.23 bits per heavy atom. The highest BCUT2D eigenvalue weighted by Gasteiger charge is 2.13. The number of benzene rings is 1. The molecule has 3 rings (SSSR count). The molecule has 0 saturated heterocycles. The number of carboxylic acid groups (broad SMARTS) is 1. The molecule has 0 spiro atoms. The molecule has 6 nitrogen and oxygen atoms in total. The minimum atomic E-state index is -1.01. The molecule has 0 bridgehead atoms. The Morgan fingerprint density at radius 2 is 2.00 bits per heavy atom. The van der Waals surface area contributed by atoms with Crippen molar-refractivity contribution in [3.8, 4) is 5.75 Å². The zero-order chi connectivity index (χ0) is 15.5. The Balaban J connectivity index is 1.91. The molecular weight excluding hydrogens is 282 g/mol. The molecule has 22 heavy (non-hydrogen) atoms. The number of aromatic carboxylic acids is 1. The molecule has 112 valence electrons. The summed E-state index contributed by atoms with van der Waals surface area (Å²) in [6.45, 7) is 2.57. The number of ether oxygens (including phenoxy) is 1. The van der Waals surface area contributed by atoms with Gasteiger partial charge in [0.1, 0.15) is 17.1 Å². The molecule has 0 radical (unpaired) electrons. The molecule has 0 aliphatic rings. The Hall–Kier alpha value is -2.89. The van der Waals surface area contributed by atoms with Crippen molar-refractivity contribution in [2.45, 2.75) is 13.3 Å². The van der Waals surface area contributed by atoms with Crippen LogP contribution in [0.15, 0.2) is 42.6 Å². The summed E-state index contributed by atoms with van der Waals surface area (Å²) >= 11 is 0. The Kier molecular flexibility index (Phi) is 3.74. The van der Waals surface area contributed by atoms with Gasteiger partial charge in [0.05, 0.1) is 6.61 Å². The van der Waals surface area contributed by atoms with E-state index in [1.54, 1.807) is 16.7 Å². The summed E-state index contributed by atoms with van der Waals surface area (Å²) in [4.78, 5) is 11.2. The summed E-state index contributed by atoms with van der Waals surface area (Å²) in [5.74, 6) is 0.512. The summed E-state index contributed by atoms with van der Waals surface area (Å²) in [5, 5.41) is 17.3. The van der Waals surface area contributed by atoms with E-state index in [2.05, 4.69) is 10.2 Å². The smallest absolute Gasteiger partial charge is 0.339 e. The minimum absolute atomic E-state index is 0.146. The van der Waals surface area contributed by atoms with Gasteiger partial charge in [-0.05, 0) is 36.8 Å². The lowest BCUT2D eigenvalue weighted by Crippen LogP contribution is -2.02. The van der Waals surface area contributed by atoms with E-state index in [1.165, 1.54) is 6.07 Å². The van der Waals surface area contributed by atoms with E-state index in [0.29, 0.717) is 24.5 Å². The van der Waals surface area contributed by atoms with E-state index in [4.69, 9.17) is 9.84 Å². The lowest BCUT2D eigenvalue weighted by atomic mass is 10.1. The van der Waals surface area contributed by atoms with Crippen molar-refractivity contribution in [1.29, 1.82) is 0 Å². The molecule has 0 aliphatic carbocycles. The SMILES string of the molecule is CCOc1ccc(Cc2nnc3c(C(=O)O)cccn23)cc1. The number of aromatic nitrogens is 3. The Labute approximate surface area is 127 Å². The van der Waals surface area contributed by atoms with Crippen LogP contribution in [-0.4, -0.2) is 32.3 Å². The summed E-state index contributed by atoms with van der Waals surface area (Å²) < 4.78 is 7.12. The van der Waals surface area contributed by atoms with Gasteiger partial charge in [-0.1, -0.05) is 12.1 Å². The monoisotopic (exact) mass is 297 g/mol. The maximum atomic E-state index is 11.2. The van der Waals surface area contributed by atoms with Gasteiger partial charge in [-0.2, -0.15) is 0 Å². The second-order valence-electron chi connectivity index (χ2n) is 4.79. The number of pyridine rings is 1.